The van der Waals surface area contributed by atoms with Gasteiger partial charge in [0.15, 0.2) is 5.78 Å². The van der Waals surface area contributed by atoms with Gasteiger partial charge in [-0.05, 0) is 101 Å². The highest BCUT2D eigenvalue weighted by atomic mass is 35.5. The van der Waals surface area contributed by atoms with Gasteiger partial charge >= 0.3 is 18.0 Å². The minimum atomic E-state index is -0.815. The van der Waals surface area contributed by atoms with Crippen LogP contribution in [-0.2, 0) is 20.6 Å². The fraction of sp³-hybridized carbons (Fsp3) is 0.353. The predicted octanol–water partition coefficient (Wildman–Crippen LogP) is 8.30. The van der Waals surface area contributed by atoms with E-state index in [0.29, 0.717) is 39.4 Å². The first kappa shape index (κ1) is 33.3. The average molecular weight is 608 g/mol. The molecule has 1 N–H and O–H groups in total. The Kier molecular flexibility index (Phi) is 10.8. The Hall–Kier alpha value is -4.17. The molecule has 0 bridgehead atoms. The fourth-order valence-electron chi connectivity index (χ4n) is 4.15. The summed E-state index contributed by atoms with van der Waals surface area (Å²) < 4.78 is 16.3. The monoisotopic (exact) mass is 607 g/mol. The van der Waals surface area contributed by atoms with Crippen molar-refractivity contribution in [2.24, 2.45) is 0 Å². The van der Waals surface area contributed by atoms with Crippen molar-refractivity contribution >= 4 is 41.1 Å². The Morgan fingerprint density at radius 3 is 2.09 bits per heavy atom. The van der Waals surface area contributed by atoms with Crippen LogP contribution in [-0.4, -0.2) is 41.6 Å². The Bertz CT molecular complexity index is 1520. The number of halogens is 1. The van der Waals surface area contributed by atoms with Gasteiger partial charge in [-0.1, -0.05) is 42.8 Å². The van der Waals surface area contributed by atoms with Gasteiger partial charge in [0.2, 0.25) is 0 Å². The van der Waals surface area contributed by atoms with Gasteiger partial charge in [0, 0.05) is 22.7 Å². The van der Waals surface area contributed by atoms with E-state index in [1.807, 2.05) is 6.92 Å². The standard InChI is InChI=1S/C34H38ClNO7/c1-8-17-41-30(38)22-13-15-24(27(18-22)31(39)42-33(2,3)4)26-20-23(35)14-16-25(26)29(37)19-21-11-9-10-12-28(21)36-32(40)43-34(5,6)7/h9-16,18,20H,8,17,19H2,1-7H3,(H,36,40). The summed E-state index contributed by atoms with van der Waals surface area (Å²) >= 11 is 6.38. The van der Waals surface area contributed by atoms with Crippen LogP contribution in [0.15, 0.2) is 60.7 Å². The Morgan fingerprint density at radius 1 is 0.767 bits per heavy atom. The number of Topliss-reactive ketones (excluding diaryl/α,β-unsaturated/α-hetero) is 1. The molecule has 228 valence electrons. The molecule has 0 saturated carbocycles. The summed E-state index contributed by atoms with van der Waals surface area (Å²) in [6.07, 6.45) is -0.0594. The molecule has 0 heterocycles. The summed E-state index contributed by atoms with van der Waals surface area (Å²) in [5.41, 5.74) is 0.816. The molecule has 3 aromatic carbocycles. The lowest BCUT2D eigenvalue weighted by Crippen LogP contribution is -2.27. The highest BCUT2D eigenvalue weighted by Gasteiger charge is 2.26. The third-order valence-electron chi connectivity index (χ3n) is 5.89. The molecule has 0 saturated heterocycles. The number of amides is 1. The van der Waals surface area contributed by atoms with Crippen LogP contribution in [0.4, 0.5) is 10.5 Å². The smallest absolute Gasteiger partial charge is 0.412 e. The molecule has 0 aliphatic carbocycles. The van der Waals surface area contributed by atoms with Crippen LogP contribution in [0.25, 0.3) is 11.1 Å². The van der Waals surface area contributed by atoms with Crippen LogP contribution in [0.3, 0.4) is 0 Å². The summed E-state index contributed by atoms with van der Waals surface area (Å²) in [5.74, 6) is -1.53. The quantitative estimate of drug-likeness (QED) is 0.148. The second-order valence-corrected chi connectivity index (χ2v) is 12.4. The first-order valence-corrected chi connectivity index (χ1v) is 14.4. The molecule has 0 spiro atoms. The topological polar surface area (TPSA) is 108 Å². The van der Waals surface area contributed by atoms with Crippen LogP contribution in [0.1, 0.15) is 91.5 Å². The number of rotatable bonds is 9. The number of anilines is 1. The van der Waals surface area contributed by atoms with Crippen molar-refractivity contribution in [2.75, 3.05) is 11.9 Å². The average Bonchev–Trinajstić information content (AvgIpc) is 2.90. The van der Waals surface area contributed by atoms with Gasteiger partial charge in [-0.2, -0.15) is 0 Å². The Balaban J connectivity index is 2.06. The summed E-state index contributed by atoms with van der Waals surface area (Å²) in [7, 11) is 0. The van der Waals surface area contributed by atoms with Crippen molar-refractivity contribution in [1.29, 1.82) is 0 Å². The fourth-order valence-corrected chi connectivity index (χ4v) is 4.32. The summed E-state index contributed by atoms with van der Waals surface area (Å²) in [6.45, 7) is 12.6. The lowest BCUT2D eigenvalue weighted by molar-refractivity contribution is 0.00700. The van der Waals surface area contributed by atoms with E-state index in [1.165, 1.54) is 12.1 Å². The SMILES string of the molecule is CCCOC(=O)c1ccc(-c2cc(Cl)ccc2C(=O)Cc2ccccc2NC(=O)OC(C)(C)C)c(C(=O)OC(C)(C)C)c1. The van der Waals surface area contributed by atoms with Crippen molar-refractivity contribution < 1.29 is 33.4 Å². The van der Waals surface area contributed by atoms with E-state index in [0.717, 1.165) is 0 Å². The second-order valence-electron chi connectivity index (χ2n) is 12.0. The Labute approximate surface area is 257 Å². The Morgan fingerprint density at radius 2 is 1.44 bits per heavy atom. The van der Waals surface area contributed by atoms with E-state index < -0.39 is 29.2 Å². The molecule has 0 aliphatic rings. The largest absolute Gasteiger partial charge is 0.462 e. The van der Waals surface area contributed by atoms with Crippen molar-refractivity contribution in [2.45, 2.75) is 72.5 Å². The minimum Gasteiger partial charge on any atom is -0.462 e. The molecule has 0 atom stereocenters. The first-order chi connectivity index (χ1) is 20.1. The maximum atomic E-state index is 13.8. The number of benzene rings is 3. The molecule has 1 amide bonds. The first-order valence-electron chi connectivity index (χ1n) is 14.0. The number of ether oxygens (including phenoxy) is 3. The third kappa shape index (κ3) is 9.68. The van der Waals surface area contributed by atoms with Crippen LogP contribution in [0, 0.1) is 0 Å². The lowest BCUT2D eigenvalue weighted by atomic mass is 9.90. The highest BCUT2D eigenvalue weighted by Crippen LogP contribution is 2.33. The molecule has 0 unspecified atom stereocenters. The summed E-state index contributed by atoms with van der Waals surface area (Å²) in [6, 6.07) is 16.2. The van der Waals surface area contributed by atoms with E-state index >= 15 is 0 Å². The van der Waals surface area contributed by atoms with Gasteiger partial charge in [-0.3, -0.25) is 10.1 Å². The molecule has 0 fully saturated rings. The zero-order chi connectivity index (χ0) is 31.9. The van der Waals surface area contributed by atoms with Gasteiger partial charge in [0.1, 0.15) is 11.2 Å². The van der Waals surface area contributed by atoms with Gasteiger partial charge in [-0.15, -0.1) is 0 Å². The summed E-state index contributed by atoms with van der Waals surface area (Å²) in [5, 5.41) is 3.06. The predicted molar refractivity (Wildman–Crippen MR) is 167 cm³/mol. The van der Waals surface area contributed by atoms with Gasteiger partial charge < -0.3 is 14.2 Å². The normalized spacial score (nSPS) is 11.4. The van der Waals surface area contributed by atoms with Crippen molar-refractivity contribution in [1.82, 2.24) is 0 Å². The molecular weight excluding hydrogens is 570 g/mol. The lowest BCUT2D eigenvalue weighted by Gasteiger charge is -2.22. The van der Waals surface area contributed by atoms with E-state index in [1.54, 1.807) is 90.1 Å². The van der Waals surface area contributed by atoms with Crippen LogP contribution in [0.2, 0.25) is 5.02 Å². The molecule has 3 aromatic rings. The van der Waals surface area contributed by atoms with Gasteiger partial charge in [0.25, 0.3) is 0 Å². The molecule has 9 heteroatoms. The second kappa shape index (κ2) is 13.9. The zero-order valence-corrected chi connectivity index (χ0v) is 26.4. The molecule has 43 heavy (non-hydrogen) atoms. The van der Waals surface area contributed by atoms with Gasteiger partial charge in [0.05, 0.1) is 17.7 Å². The number of para-hydroxylation sites is 1. The van der Waals surface area contributed by atoms with E-state index in [2.05, 4.69) is 5.32 Å². The number of nitrogens with one attached hydrogen (secondary N) is 1. The van der Waals surface area contributed by atoms with Gasteiger partial charge in [-0.25, -0.2) is 14.4 Å². The van der Waals surface area contributed by atoms with E-state index in [-0.39, 0.29) is 29.9 Å². The maximum absolute atomic E-state index is 13.8. The molecule has 0 aliphatic heterocycles. The molecular formula is C34H38ClNO7. The number of esters is 2. The highest BCUT2D eigenvalue weighted by molar-refractivity contribution is 6.31. The van der Waals surface area contributed by atoms with Crippen molar-refractivity contribution in [3.8, 4) is 11.1 Å². The van der Waals surface area contributed by atoms with Crippen LogP contribution < -0.4 is 5.32 Å². The number of carbonyl (C=O) groups excluding carboxylic acids is 4. The minimum absolute atomic E-state index is 0.0657. The molecule has 0 aromatic heterocycles. The molecule has 0 radical (unpaired) electrons. The molecule has 8 nitrogen and oxygen atoms in total. The van der Waals surface area contributed by atoms with Crippen molar-refractivity contribution in [3.63, 3.8) is 0 Å². The number of hydrogen-bond donors (Lipinski definition) is 1. The summed E-state index contributed by atoms with van der Waals surface area (Å²) in [4.78, 5) is 52.3. The number of hydrogen-bond acceptors (Lipinski definition) is 7. The number of carbonyl (C=O) groups is 4. The van der Waals surface area contributed by atoms with E-state index in [9.17, 15) is 19.2 Å². The zero-order valence-electron chi connectivity index (χ0n) is 25.6. The number of ketones is 1. The van der Waals surface area contributed by atoms with Crippen LogP contribution >= 0.6 is 11.6 Å². The van der Waals surface area contributed by atoms with E-state index in [4.69, 9.17) is 25.8 Å². The maximum Gasteiger partial charge on any atom is 0.412 e. The third-order valence-corrected chi connectivity index (χ3v) is 6.12. The van der Waals surface area contributed by atoms with Crippen LogP contribution in [0.5, 0.6) is 0 Å². The van der Waals surface area contributed by atoms with Crippen molar-refractivity contribution in [3.05, 3.63) is 87.9 Å². The molecule has 3 rings (SSSR count).